The maximum absolute atomic E-state index is 12.3. The van der Waals surface area contributed by atoms with Crippen molar-refractivity contribution in [1.82, 2.24) is 4.90 Å². The van der Waals surface area contributed by atoms with Crippen LogP contribution in [-0.2, 0) is 4.79 Å². The molecule has 1 amide bonds. The van der Waals surface area contributed by atoms with Gasteiger partial charge in [-0.05, 0) is 49.0 Å². The largest absolute Gasteiger partial charge is 0.324 e. The van der Waals surface area contributed by atoms with Crippen molar-refractivity contribution < 1.29 is 4.79 Å². The summed E-state index contributed by atoms with van der Waals surface area (Å²) in [4.78, 5) is 15.8. The van der Waals surface area contributed by atoms with E-state index in [4.69, 9.17) is 23.2 Å². The van der Waals surface area contributed by atoms with E-state index in [1.165, 1.54) is 4.88 Å². The Morgan fingerprint density at radius 3 is 2.95 bits per heavy atom. The van der Waals surface area contributed by atoms with Gasteiger partial charge >= 0.3 is 0 Å². The lowest BCUT2D eigenvalue weighted by Crippen LogP contribution is -2.32. The van der Waals surface area contributed by atoms with Crippen LogP contribution in [-0.4, -0.2) is 23.9 Å². The molecule has 3 nitrogen and oxygen atoms in total. The van der Waals surface area contributed by atoms with E-state index in [0.717, 1.165) is 19.4 Å². The number of thiophene rings is 1. The first-order valence-electron chi connectivity index (χ1n) is 7.16. The fraction of sp³-hybridized carbons (Fsp3) is 0.312. The summed E-state index contributed by atoms with van der Waals surface area (Å²) in [6.45, 7) is 1.33. The van der Waals surface area contributed by atoms with Crippen LogP contribution < -0.4 is 5.32 Å². The third-order valence-electron chi connectivity index (χ3n) is 3.79. The number of rotatable bonds is 4. The minimum absolute atomic E-state index is 0.0484. The molecule has 1 aromatic heterocycles. The molecule has 0 unspecified atom stereocenters. The van der Waals surface area contributed by atoms with Gasteiger partial charge in [0.05, 0.1) is 17.3 Å². The molecule has 1 aliphatic heterocycles. The average Bonchev–Trinajstić information content (AvgIpc) is 3.12. The second kappa shape index (κ2) is 7.01. The zero-order valence-electron chi connectivity index (χ0n) is 11.9. The van der Waals surface area contributed by atoms with Crippen molar-refractivity contribution in [3.63, 3.8) is 0 Å². The maximum atomic E-state index is 12.3. The Morgan fingerprint density at radius 1 is 1.36 bits per heavy atom. The molecule has 1 fully saturated rings. The average molecular weight is 355 g/mol. The van der Waals surface area contributed by atoms with Gasteiger partial charge in [-0.2, -0.15) is 0 Å². The molecule has 1 N–H and O–H groups in total. The monoisotopic (exact) mass is 354 g/mol. The lowest BCUT2D eigenvalue weighted by molar-refractivity contribution is -0.117. The molecule has 22 heavy (non-hydrogen) atoms. The molecule has 3 rings (SSSR count). The van der Waals surface area contributed by atoms with Gasteiger partial charge in [0, 0.05) is 15.9 Å². The van der Waals surface area contributed by atoms with Crippen molar-refractivity contribution in [3.8, 4) is 0 Å². The Morgan fingerprint density at radius 2 is 2.23 bits per heavy atom. The molecule has 0 aliphatic carbocycles. The summed E-state index contributed by atoms with van der Waals surface area (Å²) in [7, 11) is 0. The van der Waals surface area contributed by atoms with Crippen LogP contribution in [0.15, 0.2) is 35.7 Å². The number of carbonyl (C=O) groups is 1. The third kappa shape index (κ3) is 3.63. The van der Waals surface area contributed by atoms with Crippen molar-refractivity contribution in [3.05, 3.63) is 50.6 Å². The molecule has 0 bridgehead atoms. The minimum atomic E-state index is -0.0484. The number of carbonyl (C=O) groups excluding carboxylic acids is 1. The summed E-state index contributed by atoms with van der Waals surface area (Å²) in [5.74, 6) is -0.0484. The lowest BCUT2D eigenvalue weighted by Gasteiger charge is -2.23. The number of nitrogens with one attached hydrogen (secondary N) is 1. The van der Waals surface area contributed by atoms with E-state index in [2.05, 4.69) is 27.7 Å². The topological polar surface area (TPSA) is 32.3 Å². The van der Waals surface area contributed by atoms with Crippen molar-refractivity contribution in [2.75, 3.05) is 18.4 Å². The predicted molar refractivity (Wildman–Crippen MR) is 93.0 cm³/mol. The number of likely N-dealkylation sites (tertiary alicyclic amines) is 1. The maximum Gasteiger partial charge on any atom is 0.238 e. The minimum Gasteiger partial charge on any atom is -0.324 e. The fourth-order valence-corrected chi connectivity index (χ4v) is 4.13. The Balaban J connectivity index is 1.64. The van der Waals surface area contributed by atoms with Crippen molar-refractivity contribution in [2.45, 2.75) is 18.9 Å². The molecule has 6 heteroatoms. The molecule has 1 aliphatic rings. The first-order valence-corrected chi connectivity index (χ1v) is 8.79. The van der Waals surface area contributed by atoms with Gasteiger partial charge in [0.1, 0.15) is 0 Å². The van der Waals surface area contributed by atoms with Crippen LogP contribution in [0, 0.1) is 0 Å². The van der Waals surface area contributed by atoms with E-state index < -0.39 is 0 Å². The van der Waals surface area contributed by atoms with E-state index >= 15 is 0 Å². The van der Waals surface area contributed by atoms with Crippen molar-refractivity contribution >= 4 is 46.1 Å². The molecular formula is C16H16Cl2N2OS. The highest BCUT2D eigenvalue weighted by atomic mass is 35.5. The van der Waals surface area contributed by atoms with E-state index in [1.54, 1.807) is 29.5 Å². The van der Waals surface area contributed by atoms with Crippen LogP contribution in [0.1, 0.15) is 23.8 Å². The third-order valence-corrected chi connectivity index (χ3v) is 5.31. The Labute approximate surface area is 143 Å². The van der Waals surface area contributed by atoms with Gasteiger partial charge in [-0.25, -0.2) is 0 Å². The van der Waals surface area contributed by atoms with Crippen LogP contribution in [0.2, 0.25) is 10.0 Å². The van der Waals surface area contributed by atoms with E-state index in [9.17, 15) is 4.79 Å². The fourth-order valence-electron chi connectivity index (χ4n) is 2.78. The molecule has 1 saturated heterocycles. The van der Waals surface area contributed by atoms with E-state index in [1.807, 2.05) is 0 Å². The molecule has 1 atom stereocenters. The van der Waals surface area contributed by atoms with Crippen LogP contribution in [0.5, 0.6) is 0 Å². The van der Waals surface area contributed by atoms with E-state index in [0.29, 0.717) is 28.3 Å². The highest BCUT2D eigenvalue weighted by Gasteiger charge is 2.28. The van der Waals surface area contributed by atoms with Gasteiger partial charge in [-0.1, -0.05) is 29.3 Å². The van der Waals surface area contributed by atoms with Gasteiger partial charge in [0.25, 0.3) is 0 Å². The molecule has 0 radical (unpaired) electrons. The summed E-state index contributed by atoms with van der Waals surface area (Å²) in [6.07, 6.45) is 2.23. The number of amides is 1. The summed E-state index contributed by atoms with van der Waals surface area (Å²) < 4.78 is 0. The molecule has 1 aromatic carbocycles. The Bertz CT molecular complexity index is 660. The normalized spacial score (nSPS) is 18.5. The zero-order valence-corrected chi connectivity index (χ0v) is 14.2. The second-order valence-electron chi connectivity index (χ2n) is 5.32. The van der Waals surface area contributed by atoms with Crippen LogP contribution in [0.4, 0.5) is 5.69 Å². The molecule has 2 heterocycles. The summed E-state index contributed by atoms with van der Waals surface area (Å²) >= 11 is 13.7. The summed E-state index contributed by atoms with van der Waals surface area (Å²) in [5, 5.41) is 5.96. The summed E-state index contributed by atoms with van der Waals surface area (Å²) in [5.41, 5.74) is 0.600. The van der Waals surface area contributed by atoms with Crippen LogP contribution in [0.25, 0.3) is 0 Å². The molecule has 116 valence electrons. The van der Waals surface area contributed by atoms with Gasteiger partial charge in [-0.3, -0.25) is 9.69 Å². The van der Waals surface area contributed by atoms with Gasteiger partial charge in [0.15, 0.2) is 0 Å². The lowest BCUT2D eigenvalue weighted by atomic mass is 10.2. The number of hydrogen-bond donors (Lipinski definition) is 1. The SMILES string of the molecule is O=C(CN1CCC[C@H]1c1cccs1)Nc1ccc(Cl)cc1Cl. The van der Waals surface area contributed by atoms with Crippen LogP contribution in [0.3, 0.4) is 0 Å². The second-order valence-corrected chi connectivity index (χ2v) is 7.14. The number of halogens is 2. The van der Waals surface area contributed by atoms with Gasteiger partial charge in [0.2, 0.25) is 5.91 Å². The number of nitrogens with zero attached hydrogens (tertiary/aromatic N) is 1. The first-order chi connectivity index (χ1) is 10.6. The highest BCUT2D eigenvalue weighted by Crippen LogP contribution is 2.34. The first kappa shape index (κ1) is 15.8. The quantitative estimate of drug-likeness (QED) is 0.852. The Kier molecular flexibility index (Phi) is 5.03. The smallest absolute Gasteiger partial charge is 0.238 e. The highest BCUT2D eigenvalue weighted by molar-refractivity contribution is 7.10. The van der Waals surface area contributed by atoms with Gasteiger partial charge in [-0.15, -0.1) is 11.3 Å². The van der Waals surface area contributed by atoms with Crippen molar-refractivity contribution in [1.29, 1.82) is 0 Å². The predicted octanol–water partition coefficient (Wildman–Crippen LogP) is 4.83. The van der Waals surface area contributed by atoms with Gasteiger partial charge < -0.3 is 5.32 Å². The number of benzene rings is 1. The number of anilines is 1. The molecule has 0 spiro atoms. The zero-order chi connectivity index (χ0) is 15.5. The summed E-state index contributed by atoms with van der Waals surface area (Å²) in [6, 6.07) is 9.62. The Hall–Kier alpha value is -1.07. The molecular weight excluding hydrogens is 339 g/mol. The van der Waals surface area contributed by atoms with E-state index in [-0.39, 0.29) is 5.91 Å². The standard InChI is InChI=1S/C16H16Cl2N2OS/c17-11-5-6-13(12(18)9-11)19-16(21)10-20-7-1-3-14(20)15-4-2-8-22-15/h2,4-6,8-9,14H,1,3,7,10H2,(H,19,21)/t14-/m0/s1. The number of hydrogen-bond acceptors (Lipinski definition) is 3. The van der Waals surface area contributed by atoms with Crippen molar-refractivity contribution in [2.24, 2.45) is 0 Å². The molecule has 0 saturated carbocycles. The van der Waals surface area contributed by atoms with Crippen LogP contribution >= 0.6 is 34.5 Å². The molecule has 2 aromatic rings.